The highest BCUT2D eigenvalue weighted by molar-refractivity contribution is 7.99. The molecule has 0 saturated carbocycles. The monoisotopic (exact) mass is 463 g/mol. The summed E-state index contributed by atoms with van der Waals surface area (Å²) in [6.45, 7) is 2.31. The standard InChI is InChI=1S/C25H22ClN3O2S/c1-17(19-10-6-3-7-11-19)27-23(30)16-32-25-28-22-14-20(26)12-13-21(22)24(31)29(25)15-18-8-4-2-5-9-18/h2-14,17H,15-16H2,1H3,(H,27,30). The van der Waals surface area contributed by atoms with Gasteiger partial charge in [-0.1, -0.05) is 84.0 Å². The molecule has 5 nitrogen and oxygen atoms in total. The minimum Gasteiger partial charge on any atom is -0.349 e. The summed E-state index contributed by atoms with van der Waals surface area (Å²) in [5.41, 5.74) is 2.38. The minimum absolute atomic E-state index is 0.112. The van der Waals surface area contributed by atoms with Crippen LogP contribution < -0.4 is 10.9 Å². The van der Waals surface area contributed by atoms with Crippen molar-refractivity contribution in [2.75, 3.05) is 5.75 Å². The van der Waals surface area contributed by atoms with Gasteiger partial charge in [0.05, 0.1) is 29.2 Å². The molecule has 1 atom stereocenters. The average molecular weight is 464 g/mol. The Balaban J connectivity index is 1.59. The number of amides is 1. The van der Waals surface area contributed by atoms with Gasteiger partial charge in [-0.3, -0.25) is 14.2 Å². The Morgan fingerprint density at radius 1 is 1.06 bits per heavy atom. The molecular weight excluding hydrogens is 442 g/mol. The minimum atomic E-state index is -0.156. The van der Waals surface area contributed by atoms with Crippen LogP contribution in [-0.4, -0.2) is 21.2 Å². The van der Waals surface area contributed by atoms with E-state index in [0.29, 0.717) is 27.6 Å². The zero-order chi connectivity index (χ0) is 22.5. The van der Waals surface area contributed by atoms with Crippen LogP contribution in [0.5, 0.6) is 0 Å². The van der Waals surface area contributed by atoms with Crippen LogP contribution in [0.25, 0.3) is 10.9 Å². The number of benzene rings is 3. The van der Waals surface area contributed by atoms with Gasteiger partial charge in [-0.05, 0) is 36.2 Å². The zero-order valence-electron chi connectivity index (χ0n) is 17.5. The Bertz CT molecular complexity index is 1290. The van der Waals surface area contributed by atoms with E-state index in [9.17, 15) is 9.59 Å². The van der Waals surface area contributed by atoms with Gasteiger partial charge in [0.1, 0.15) is 0 Å². The van der Waals surface area contributed by atoms with Gasteiger partial charge in [-0.25, -0.2) is 4.98 Å². The molecule has 0 spiro atoms. The third kappa shape index (κ3) is 5.21. The van der Waals surface area contributed by atoms with Crippen molar-refractivity contribution in [3.05, 3.63) is 105 Å². The summed E-state index contributed by atoms with van der Waals surface area (Å²) in [6, 6.07) is 24.4. The van der Waals surface area contributed by atoms with E-state index in [1.807, 2.05) is 67.6 Å². The molecule has 0 radical (unpaired) electrons. The van der Waals surface area contributed by atoms with Gasteiger partial charge in [-0.2, -0.15) is 0 Å². The van der Waals surface area contributed by atoms with E-state index in [2.05, 4.69) is 10.3 Å². The van der Waals surface area contributed by atoms with E-state index in [-0.39, 0.29) is 23.3 Å². The van der Waals surface area contributed by atoms with Crippen molar-refractivity contribution in [1.29, 1.82) is 0 Å². The van der Waals surface area contributed by atoms with Crippen LogP contribution >= 0.6 is 23.4 Å². The van der Waals surface area contributed by atoms with Gasteiger partial charge in [0.25, 0.3) is 5.56 Å². The zero-order valence-corrected chi connectivity index (χ0v) is 19.1. The normalized spacial score (nSPS) is 11.9. The van der Waals surface area contributed by atoms with Crippen LogP contribution in [0.15, 0.2) is 88.8 Å². The molecule has 0 saturated heterocycles. The summed E-state index contributed by atoms with van der Waals surface area (Å²) < 4.78 is 1.62. The first-order valence-corrected chi connectivity index (χ1v) is 11.6. The van der Waals surface area contributed by atoms with Crippen molar-refractivity contribution >= 4 is 40.2 Å². The molecule has 1 aromatic heterocycles. The number of halogens is 1. The predicted octanol–water partition coefficient (Wildman–Crippen LogP) is 5.07. The summed E-state index contributed by atoms with van der Waals surface area (Å²) in [7, 11) is 0. The van der Waals surface area contributed by atoms with Crippen LogP contribution in [0, 0.1) is 0 Å². The van der Waals surface area contributed by atoms with Gasteiger partial charge in [0.15, 0.2) is 5.16 Å². The fourth-order valence-corrected chi connectivity index (χ4v) is 4.40. The Morgan fingerprint density at radius 2 is 1.75 bits per heavy atom. The molecule has 162 valence electrons. The first-order chi connectivity index (χ1) is 15.5. The Labute approximate surface area is 195 Å². The molecule has 0 fully saturated rings. The van der Waals surface area contributed by atoms with Crippen LogP contribution in [-0.2, 0) is 11.3 Å². The number of aromatic nitrogens is 2. The van der Waals surface area contributed by atoms with Crippen molar-refractivity contribution in [2.45, 2.75) is 24.7 Å². The van der Waals surface area contributed by atoms with Crippen molar-refractivity contribution < 1.29 is 4.79 Å². The van der Waals surface area contributed by atoms with Crippen molar-refractivity contribution in [3.8, 4) is 0 Å². The molecule has 3 aromatic carbocycles. The smallest absolute Gasteiger partial charge is 0.262 e. The van der Waals surface area contributed by atoms with Gasteiger partial charge >= 0.3 is 0 Å². The molecule has 7 heteroatoms. The summed E-state index contributed by atoms with van der Waals surface area (Å²) in [5, 5.41) is 4.49. The number of hydrogen-bond acceptors (Lipinski definition) is 4. The van der Waals surface area contributed by atoms with Crippen LogP contribution in [0.1, 0.15) is 24.1 Å². The van der Waals surface area contributed by atoms with Crippen LogP contribution in [0.4, 0.5) is 0 Å². The largest absolute Gasteiger partial charge is 0.349 e. The Morgan fingerprint density at radius 3 is 2.47 bits per heavy atom. The van der Waals surface area contributed by atoms with E-state index in [4.69, 9.17) is 11.6 Å². The number of carbonyl (C=O) groups is 1. The van der Waals surface area contributed by atoms with Gasteiger partial charge in [0.2, 0.25) is 5.91 Å². The Kier molecular flexibility index (Phi) is 6.93. The molecule has 1 N–H and O–H groups in total. The van der Waals surface area contributed by atoms with Crippen molar-refractivity contribution in [3.63, 3.8) is 0 Å². The second kappa shape index (κ2) is 10.0. The number of thioether (sulfide) groups is 1. The molecule has 1 amide bonds. The third-order valence-electron chi connectivity index (χ3n) is 5.08. The molecule has 0 aliphatic heterocycles. The van der Waals surface area contributed by atoms with E-state index >= 15 is 0 Å². The maximum Gasteiger partial charge on any atom is 0.262 e. The molecule has 1 unspecified atom stereocenters. The quantitative estimate of drug-likeness (QED) is 0.307. The number of hydrogen-bond donors (Lipinski definition) is 1. The topological polar surface area (TPSA) is 64.0 Å². The van der Waals surface area contributed by atoms with Crippen molar-refractivity contribution in [2.24, 2.45) is 0 Å². The van der Waals surface area contributed by atoms with Gasteiger partial charge in [-0.15, -0.1) is 0 Å². The predicted molar refractivity (Wildman–Crippen MR) is 130 cm³/mol. The first-order valence-electron chi connectivity index (χ1n) is 10.2. The summed E-state index contributed by atoms with van der Waals surface area (Å²) in [4.78, 5) is 30.5. The van der Waals surface area contributed by atoms with E-state index in [0.717, 1.165) is 11.1 Å². The van der Waals surface area contributed by atoms with Crippen molar-refractivity contribution in [1.82, 2.24) is 14.9 Å². The fraction of sp³-hybridized carbons (Fsp3) is 0.160. The molecule has 4 rings (SSSR count). The lowest BCUT2D eigenvalue weighted by atomic mass is 10.1. The number of nitrogens with zero attached hydrogens (tertiary/aromatic N) is 2. The van der Waals surface area contributed by atoms with Crippen LogP contribution in [0.2, 0.25) is 5.02 Å². The number of carbonyl (C=O) groups excluding carboxylic acids is 1. The average Bonchev–Trinajstić information content (AvgIpc) is 2.81. The second-order valence-electron chi connectivity index (χ2n) is 7.42. The van der Waals surface area contributed by atoms with Crippen LogP contribution in [0.3, 0.4) is 0 Å². The molecule has 32 heavy (non-hydrogen) atoms. The summed E-state index contributed by atoms with van der Waals surface area (Å²) in [6.07, 6.45) is 0. The Hall–Kier alpha value is -3.09. The lowest BCUT2D eigenvalue weighted by Gasteiger charge is -2.16. The van der Waals surface area contributed by atoms with E-state index < -0.39 is 0 Å². The lowest BCUT2D eigenvalue weighted by molar-refractivity contribution is -0.119. The molecule has 0 aliphatic carbocycles. The second-order valence-corrected chi connectivity index (χ2v) is 8.80. The van der Waals surface area contributed by atoms with E-state index in [1.54, 1.807) is 22.8 Å². The summed E-state index contributed by atoms with van der Waals surface area (Å²) in [5.74, 6) is 0.0165. The number of fused-ring (bicyclic) bond motifs is 1. The molecule has 1 heterocycles. The molecule has 0 aliphatic rings. The highest BCUT2D eigenvalue weighted by Gasteiger charge is 2.15. The number of nitrogens with one attached hydrogen (secondary N) is 1. The van der Waals surface area contributed by atoms with E-state index in [1.165, 1.54) is 11.8 Å². The molecule has 0 bridgehead atoms. The SMILES string of the molecule is CC(NC(=O)CSc1nc2cc(Cl)ccc2c(=O)n1Cc1ccccc1)c1ccccc1. The third-order valence-corrected chi connectivity index (χ3v) is 6.29. The number of rotatable bonds is 7. The fourth-order valence-electron chi connectivity index (χ4n) is 3.43. The molecule has 4 aromatic rings. The first kappa shape index (κ1) is 22.1. The van der Waals surface area contributed by atoms with Gasteiger partial charge in [0, 0.05) is 5.02 Å². The maximum absolute atomic E-state index is 13.2. The summed E-state index contributed by atoms with van der Waals surface area (Å²) >= 11 is 7.36. The maximum atomic E-state index is 13.2. The van der Waals surface area contributed by atoms with Gasteiger partial charge < -0.3 is 5.32 Å². The highest BCUT2D eigenvalue weighted by Crippen LogP contribution is 2.22. The molecular formula is C25H22ClN3O2S. The highest BCUT2D eigenvalue weighted by atomic mass is 35.5. The lowest BCUT2D eigenvalue weighted by Crippen LogP contribution is -2.29.